The normalized spacial score (nSPS) is 10.3. The molecule has 0 fully saturated rings. The minimum absolute atomic E-state index is 0.179. The van der Waals surface area contributed by atoms with E-state index >= 15 is 0 Å². The van der Waals surface area contributed by atoms with E-state index in [1.165, 1.54) is 0 Å². The Bertz CT molecular complexity index is 875. The first-order valence-electron chi connectivity index (χ1n) is 7.58. The third-order valence-corrected chi connectivity index (χ3v) is 3.78. The summed E-state index contributed by atoms with van der Waals surface area (Å²) in [5.74, 6) is 1.56. The zero-order chi connectivity index (χ0) is 17.6. The largest absolute Gasteiger partial charge is 0.493 e. The van der Waals surface area contributed by atoms with Crippen LogP contribution in [0.3, 0.4) is 0 Å². The molecule has 1 amide bonds. The molecule has 0 unspecified atom stereocenters. The highest BCUT2D eigenvalue weighted by molar-refractivity contribution is 6.33. The van der Waals surface area contributed by atoms with E-state index in [1.54, 1.807) is 55.6 Å². The molecular weight excluding hydrogens is 342 g/mol. The molecule has 2 aromatic carbocycles. The van der Waals surface area contributed by atoms with Crippen LogP contribution in [0.15, 0.2) is 65.1 Å². The maximum absolute atomic E-state index is 12.2. The highest BCUT2D eigenvalue weighted by Crippen LogP contribution is 2.27. The lowest BCUT2D eigenvalue weighted by Gasteiger charge is -2.08. The van der Waals surface area contributed by atoms with Crippen molar-refractivity contribution in [3.8, 4) is 11.5 Å². The van der Waals surface area contributed by atoms with Crippen molar-refractivity contribution in [1.82, 2.24) is 0 Å². The van der Waals surface area contributed by atoms with Crippen molar-refractivity contribution in [3.63, 3.8) is 0 Å². The van der Waals surface area contributed by atoms with Gasteiger partial charge in [-0.2, -0.15) is 0 Å². The van der Waals surface area contributed by atoms with Gasteiger partial charge in [0.2, 0.25) is 0 Å². The Morgan fingerprint density at radius 2 is 1.76 bits per heavy atom. The Hall–Kier alpha value is -2.92. The van der Waals surface area contributed by atoms with E-state index in [0.29, 0.717) is 28.0 Å². The first kappa shape index (κ1) is 16.9. The molecule has 0 saturated carbocycles. The smallest absolute Gasteiger partial charge is 0.291 e. The van der Waals surface area contributed by atoms with Crippen LogP contribution in [0.5, 0.6) is 11.5 Å². The van der Waals surface area contributed by atoms with Crippen molar-refractivity contribution in [3.05, 3.63) is 77.2 Å². The van der Waals surface area contributed by atoms with Crippen LogP contribution in [-0.4, -0.2) is 13.0 Å². The fraction of sp³-hybridized carbons (Fsp3) is 0.105. The first-order valence-corrected chi connectivity index (χ1v) is 7.95. The molecule has 128 valence electrons. The Morgan fingerprint density at radius 1 is 1.04 bits per heavy atom. The summed E-state index contributed by atoms with van der Waals surface area (Å²) in [4.78, 5) is 12.2. The molecule has 6 heteroatoms. The number of benzene rings is 2. The predicted octanol–water partition coefficient (Wildman–Crippen LogP) is 4.77. The van der Waals surface area contributed by atoms with Gasteiger partial charge >= 0.3 is 0 Å². The average Bonchev–Trinajstić information content (AvgIpc) is 3.11. The van der Waals surface area contributed by atoms with Gasteiger partial charge in [-0.3, -0.25) is 4.79 Å². The van der Waals surface area contributed by atoms with Crippen LogP contribution in [0.4, 0.5) is 5.69 Å². The number of furan rings is 1. The number of hydrogen-bond donors (Lipinski definition) is 1. The second kappa shape index (κ2) is 7.77. The number of anilines is 1. The van der Waals surface area contributed by atoms with Crippen molar-refractivity contribution in [1.29, 1.82) is 0 Å². The predicted molar refractivity (Wildman–Crippen MR) is 95.4 cm³/mol. The monoisotopic (exact) mass is 357 g/mol. The van der Waals surface area contributed by atoms with Crippen LogP contribution >= 0.6 is 11.6 Å². The molecule has 0 spiro atoms. The highest BCUT2D eigenvalue weighted by Gasteiger charge is 2.13. The van der Waals surface area contributed by atoms with Gasteiger partial charge in [-0.15, -0.1) is 0 Å². The lowest BCUT2D eigenvalue weighted by molar-refractivity contribution is 0.0992. The molecule has 0 aliphatic carbocycles. The number of carbonyl (C=O) groups is 1. The molecule has 0 radical (unpaired) electrons. The average molecular weight is 358 g/mol. The number of para-hydroxylation sites is 3. The highest BCUT2D eigenvalue weighted by atomic mass is 35.5. The number of methoxy groups -OCH3 is 1. The standard InChI is InChI=1S/C19H16ClNO4/c1-23-16-8-4-5-9-17(16)24-12-13-10-11-18(25-13)19(22)21-15-7-3-2-6-14(15)20/h2-11H,12H2,1H3,(H,21,22). The summed E-state index contributed by atoms with van der Waals surface area (Å²) in [7, 11) is 1.58. The second-order valence-corrected chi connectivity index (χ2v) is 5.55. The van der Waals surface area contributed by atoms with Crippen molar-refractivity contribution in [2.24, 2.45) is 0 Å². The number of nitrogens with one attached hydrogen (secondary N) is 1. The summed E-state index contributed by atoms with van der Waals surface area (Å²) in [6.45, 7) is 0.180. The summed E-state index contributed by atoms with van der Waals surface area (Å²) >= 11 is 6.03. The first-order chi connectivity index (χ1) is 12.2. The van der Waals surface area contributed by atoms with E-state index in [2.05, 4.69) is 5.32 Å². The lowest BCUT2D eigenvalue weighted by Crippen LogP contribution is -2.11. The van der Waals surface area contributed by atoms with E-state index in [9.17, 15) is 4.79 Å². The molecule has 3 aromatic rings. The second-order valence-electron chi connectivity index (χ2n) is 5.14. The molecule has 0 aliphatic heterocycles. The van der Waals surface area contributed by atoms with E-state index in [0.717, 1.165) is 0 Å². The van der Waals surface area contributed by atoms with Gasteiger partial charge < -0.3 is 19.2 Å². The summed E-state index contributed by atoms with van der Waals surface area (Å²) in [5.41, 5.74) is 0.525. The lowest BCUT2D eigenvalue weighted by atomic mass is 10.3. The summed E-state index contributed by atoms with van der Waals surface area (Å²) in [6, 6.07) is 17.6. The number of amides is 1. The topological polar surface area (TPSA) is 60.7 Å². The molecule has 1 N–H and O–H groups in total. The van der Waals surface area contributed by atoms with Gasteiger partial charge in [-0.05, 0) is 36.4 Å². The van der Waals surface area contributed by atoms with Gasteiger partial charge in [-0.25, -0.2) is 0 Å². The summed E-state index contributed by atoms with van der Waals surface area (Å²) in [5, 5.41) is 3.17. The fourth-order valence-corrected chi connectivity index (χ4v) is 2.39. The van der Waals surface area contributed by atoms with Crippen LogP contribution in [0.25, 0.3) is 0 Å². The Morgan fingerprint density at radius 3 is 2.52 bits per heavy atom. The van der Waals surface area contributed by atoms with Gasteiger partial charge in [0.05, 0.1) is 17.8 Å². The number of rotatable bonds is 6. The van der Waals surface area contributed by atoms with E-state index in [1.807, 2.05) is 12.1 Å². The molecule has 25 heavy (non-hydrogen) atoms. The summed E-state index contributed by atoms with van der Waals surface area (Å²) < 4.78 is 16.4. The molecule has 1 aromatic heterocycles. The zero-order valence-corrected chi connectivity index (χ0v) is 14.2. The van der Waals surface area contributed by atoms with Crippen molar-refractivity contribution >= 4 is 23.2 Å². The van der Waals surface area contributed by atoms with Gasteiger partial charge in [0.1, 0.15) is 12.4 Å². The molecule has 5 nitrogen and oxygen atoms in total. The third kappa shape index (κ3) is 4.14. The Balaban J connectivity index is 1.64. The van der Waals surface area contributed by atoms with Crippen molar-refractivity contribution in [2.45, 2.75) is 6.61 Å². The Kier molecular flexibility index (Phi) is 5.26. The van der Waals surface area contributed by atoms with Crippen LogP contribution in [0, 0.1) is 0 Å². The Labute approximate surface area is 150 Å². The third-order valence-electron chi connectivity index (χ3n) is 3.45. The summed E-state index contributed by atoms with van der Waals surface area (Å²) in [6.07, 6.45) is 0. The van der Waals surface area contributed by atoms with Crippen LogP contribution in [0.2, 0.25) is 5.02 Å². The SMILES string of the molecule is COc1ccccc1OCc1ccc(C(=O)Nc2ccccc2Cl)o1. The number of carbonyl (C=O) groups excluding carboxylic acids is 1. The molecule has 0 atom stereocenters. The molecule has 0 aliphatic rings. The molecule has 0 bridgehead atoms. The van der Waals surface area contributed by atoms with Gasteiger partial charge in [0.15, 0.2) is 17.3 Å². The fourth-order valence-electron chi connectivity index (χ4n) is 2.21. The van der Waals surface area contributed by atoms with Crippen molar-refractivity contribution < 1.29 is 18.7 Å². The van der Waals surface area contributed by atoms with Gasteiger partial charge in [0.25, 0.3) is 5.91 Å². The quantitative estimate of drug-likeness (QED) is 0.690. The number of hydrogen-bond acceptors (Lipinski definition) is 4. The molecule has 1 heterocycles. The minimum atomic E-state index is -0.378. The molecular formula is C19H16ClNO4. The van der Waals surface area contributed by atoms with E-state index in [-0.39, 0.29) is 18.3 Å². The van der Waals surface area contributed by atoms with E-state index < -0.39 is 0 Å². The minimum Gasteiger partial charge on any atom is -0.493 e. The van der Waals surface area contributed by atoms with E-state index in [4.69, 9.17) is 25.5 Å². The van der Waals surface area contributed by atoms with Crippen molar-refractivity contribution in [2.75, 3.05) is 12.4 Å². The van der Waals surface area contributed by atoms with Gasteiger partial charge in [-0.1, -0.05) is 35.9 Å². The number of halogens is 1. The molecule has 3 rings (SSSR count). The van der Waals surface area contributed by atoms with Crippen LogP contribution < -0.4 is 14.8 Å². The maximum atomic E-state index is 12.2. The number of ether oxygens (including phenoxy) is 2. The van der Waals surface area contributed by atoms with Gasteiger partial charge in [0, 0.05) is 0 Å². The maximum Gasteiger partial charge on any atom is 0.291 e. The van der Waals surface area contributed by atoms with Crippen LogP contribution in [-0.2, 0) is 6.61 Å². The van der Waals surface area contributed by atoms with Crippen LogP contribution in [0.1, 0.15) is 16.3 Å². The molecule has 0 saturated heterocycles. The zero-order valence-electron chi connectivity index (χ0n) is 13.5.